The van der Waals surface area contributed by atoms with Crippen LogP contribution in [0, 0.1) is 17.0 Å². The minimum Gasteiger partial charge on any atom is -0.451 e. The standard InChI is InChI=1S/C23H23N5O6/c1-14-17-5-3-4-6-20(17)34-21(14)23(31)25-24-22(30)16-7-8-18(19(13-16)28(32)33)27-11-9-26(10-12-27)15(2)29/h3-8,13H,9-12H2,1-2H3,(H,24,30)(H,25,31). The predicted molar refractivity (Wildman–Crippen MR) is 123 cm³/mol. The Bertz CT molecular complexity index is 1290. The van der Waals surface area contributed by atoms with Crippen LogP contribution in [0.3, 0.4) is 0 Å². The molecule has 11 heteroatoms. The van der Waals surface area contributed by atoms with E-state index in [4.69, 9.17) is 4.42 Å². The Labute approximate surface area is 194 Å². The molecule has 0 unspecified atom stereocenters. The van der Waals surface area contributed by atoms with Crippen molar-refractivity contribution in [3.05, 3.63) is 69.5 Å². The van der Waals surface area contributed by atoms with Crippen LogP contribution < -0.4 is 15.8 Å². The number of nitro groups is 1. The van der Waals surface area contributed by atoms with Crippen molar-refractivity contribution in [2.45, 2.75) is 13.8 Å². The molecule has 0 bridgehead atoms. The van der Waals surface area contributed by atoms with Gasteiger partial charge in [-0.2, -0.15) is 0 Å². The number of nitrogens with one attached hydrogen (secondary N) is 2. The zero-order chi connectivity index (χ0) is 24.4. The molecule has 1 aliphatic heterocycles. The summed E-state index contributed by atoms with van der Waals surface area (Å²) in [4.78, 5) is 51.2. The fourth-order valence-corrected chi connectivity index (χ4v) is 3.97. The quantitative estimate of drug-likeness (QED) is 0.446. The molecule has 1 aliphatic rings. The van der Waals surface area contributed by atoms with Crippen LogP contribution in [0.15, 0.2) is 46.9 Å². The third-order valence-electron chi connectivity index (χ3n) is 5.84. The lowest BCUT2D eigenvalue weighted by molar-refractivity contribution is -0.384. The fourth-order valence-electron chi connectivity index (χ4n) is 3.97. The first-order valence-corrected chi connectivity index (χ1v) is 10.6. The Morgan fingerprint density at radius 1 is 1.00 bits per heavy atom. The molecule has 1 fully saturated rings. The first kappa shape index (κ1) is 22.8. The van der Waals surface area contributed by atoms with Crippen molar-refractivity contribution in [3.8, 4) is 0 Å². The van der Waals surface area contributed by atoms with Gasteiger partial charge in [0.1, 0.15) is 11.3 Å². The van der Waals surface area contributed by atoms with E-state index in [0.717, 1.165) is 5.39 Å². The molecule has 34 heavy (non-hydrogen) atoms. The number of carbonyl (C=O) groups is 3. The van der Waals surface area contributed by atoms with E-state index in [1.807, 2.05) is 17.0 Å². The summed E-state index contributed by atoms with van der Waals surface area (Å²) >= 11 is 0. The Morgan fingerprint density at radius 2 is 1.68 bits per heavy atom. The second-order valence-corrected chi connectivity index (χ2v) is 7.91. The van der Waals surface area contributed by atoms with Gasteiger partial charge in [-0.15, -0.1) is 0 Å². The first-order valence-electron chi connectivity index (χ1n) is 10.6. The maximum absolute atomic E-state index is 12.6. The van der Waals surface area contributed by atoms with Gasteiger partial charge in [0.2, 0.25) is 5.91 Å². The normalized spacial score (nSPS) is 13.6. The van der Waals surface area contributed by atoms with E-state index >= 15 is 0 Å². The number of anilines is 1. The van der Waals surface area contributed by atoms with E-state index in [1.54, 1.807) is 24.0 Å². The molecule has 0 aliphatic carbocycles. The van der Waals surface area contributed by atoms with E-state index in [1.165, 1.54) is 25.1 Å². The average Bonchev–Trinajstić information content (AvgIpc) is 3.18. The first-order chi connectivity index (χ1) is 16.3. The van der Waals surface area contributed by atoms with Gasteiger partial charge in [-0.05, 0) is 25.1 Å². The summed E-state index contributed by atoms with van der Waals surface area (Å²) in [6, 6.07) is 11.3. The Morgan fingerprint density at radius 3 is 2.32 bits per heavy atom. The van der Waals surface area contributed by atoms with Crippen LogP contribution in [-0.2, 0) is 4.79 Å². The molecule has 4 rings (SSSR count). The summed E-state index contributed by atoms with van der Waals surface area (Å²) in [6.07, 6.45) is 0. The van der Waals surface area contributed by atoms with Crippen LogP contribution in [0.1, 0.15) is 33.4 Å². The lowest BCUT2D eigenvalue weighted by Crippen LogP contribution is -2.48. The predicted octanol–water partition coefficient (Wildman–Crippen LogP) is 2.39. The van der Waals surface area contributed by atoms with Gasteiger partial charge in [-0.25, -0.2) is 0 Å². The largest absolute Gasteiger partial charge is 0.451 e. The number of aryl methyl sites for hydroxylation is 1. The summed E-state index contributed by atoms with van der Waals surface area (Å²) in [7, 11) is 0. The van der Waals surface area contributed by atoms with Gasteiger partial charge in [-0.3, -0.25) is 35.3 Å². The molecule has 3 aromatic rings. The van der Waals surface area contributed by atoms with E-state index in [9.17, 15) is 24.5 Å². The van der Waals surface area contributed by atoms with Crippen molar-refractivity contribution in [1.82, 2.24) is 15.8 Å². The zero-order valence-corrected chi connectivity index (χ0v) is 18.7. The number of piperazine rings is 1. The van der Waals surface area contributed by atoms with Crippen molar-refractivity contribution in [3.63, 3.8) is 0 Å². The average molecular weight is 465 g/mol. The third kappa shape index (κ3) is 4.40. The highest BCUT2D eigenvalue weighted by molar-refractivity contribution is 6.01. The Hall–Kier alpha value is -4.41. The number of fused-ring (bicyclic) bond motifs is 1. The Kier molecular flexibility index (Phi) is 6.17. The molecule has 1 aromatic heterocycles. The number of carbonyl (C=O) groups excluding carboxylic acids is 3. The number of amides is 3. The maximum atomic E-state index is 12.6. The smallest absolute Gasteiger partial charge is 0.305 e. The fraction of sp³-hybridized carbons (Fsp3) is 0.261. The van der Waals surface area contributed by atoms with Crippen molar-refractivity contribution in [2.75, 3.05) is 31.1 Å². The molecule has 0 radical (unpaired) electrons. The minimum atomic E-state index is -0.710. The summed E-state index contributed by atoms with van der Waals surface area (Å²) in [5.74, 6) is -1.33. The molecule has 0 saturated carbocycles. The van der Waals surface area contributed by atoms with Crippen LogP contribution >= 0.6 is 0 Å². The molecule has 2 heterocycles. The van der Waals surface area contributed by atoms with Gasteiger partial charge >= 0.3 is 5.91 Å². The topological polar surface area (TPSA) is 138 Å². The number of nitro benzene ring substituents is 1. The molecule has 0 atom stereocenters. The second-order valence-electron chi connectivity index (χ2n) is 7.91. The molecule has 1 saturated heterocycles. The molecule has 2 N–H and O–H groups in total. The number of furan rings is 1. The molecule has 3 amide bonds. The minimum absolute atomic E-state index is 0.0134. The van der Waals surface area contributed by atoms with Gasteiger partial charge in [-0.1, -0.05) is 18.2 Å². The lowest BCUT2D eigenvalue weighted by Gasteiger charge is -2.35. The number of benzene rings is 2. The van der Waals surface area contributed by atoms with Crippen LogP contribution in [0.5, 0.6) is 0 Å². The Balaban J connectivity index is 1.46. The molecular weight excluding hydrogens is 442 g/mol. The summed E-state index contributed by atoms with van der Waals surface area (Å²) in [6.45, 7) is 5.03. The van der Waals surface area contributed by atoms with Crippen molar-refractivity contribution in [1.29, 1.82) is 0 Å². The number of para-hydroxylation sites is 1. The monoisotopic (exact) mass is 465 g/mol. The molecule has 11 nitrogen and oxygen atoms in total. The van der Waals surface area contributed by atoms with Crippen molar-refractivity contribution in [2.24, 2.45) is 0 Å². The van der Waals surface area contributed by atoms with Crippen LogP contribution in [0.2, 0.25) is 0 Å². The molecular formula is C23H23N5O6. The summed E-state index contributed by atoms with van der Waals surface area (Å²) in [5, 5.41) is 12.5. The van der Waals surface area contributed by atoms with Crippen molar-refractivity contribution >= 4 is 40.1 Å². The van der Waals surface area contributed by atoms with E-state index < -0.39 is 16.7 Å². The second kappa shape index (κ2) is 9.22. The van der Waals surface area contributed by atoms with Crippen LogP contribution in [0.25, 0.3) is 11.0 Å². The highest BCUT2D eigenvalue weighted by Crippen LogP contribution is 2.30. The van der Waals surface area contributed by atoms with Gasteiger partial charge < -0.3 is 14.2 Å². The van der Waals surface area contributed by atoms with Crippen LogP contribution in [0.4, 0.5) is 11.4 Å². The third-order valence-corrected chi connectivity index (χ3v) is 5.84. The number of hydrazine groups is 1. The zero-order valence-electron chi connectivity index (χ0n) is 18.7. The number of rotatable bonds is 4. The van der Waals surface area contributed by atoms with E-state index in [0.29, 0.717) is 43.0 Å². The van der Waals surface area contributed by atoms with Gasteiger partial charge in [0.25, 0.3) is 11.6 Å². The molecule has 2 aromatic carbocycles. The number of hydrogen-bond acceptors (Lipinski definition) is 7. The molecule has 176 valence electrons. The number of nitrogens with zero attached hydrogens (tertiary/aromatic N) is 3. The van der Waals surface area contributed by atoms with Gasteiger partial charge in [0, 0.05) is 55.7 Å². The summed E-state index contributed by atoms with van der Waals surface area (Å²) < 4.78 is 5.57. The van der Waals surface area contributed by atoms with E-state index in [-0.39, 0.29) is 22.9 Å². The van der Waals surface area contributed by atoms with Gasteiger partial charge in [0.05, 0.1) is 4.92 Å². The highest BCUT2D eigenvalue weighted by atomic mass is 16.6. The number of hydrogen-bond donors (Lipinski definition) is 2. The lowest BCUT2D eigenvalue weighted by atomic mass is 10.1. The SMILES string of the molecule is CC(=O)N1CCN(c2ccc(C(=O)NNC(=O)c3oc4ccccc4c3C)cc2[N+](=O)[O-])CC1. The highest BCUT2D eigenvalue weighted by Gasteiger charge is 2.26. The maximum Gasteiger partial charge on any atom is 0.305 e. The van der Waals surface area contributed by atoms with Gasteiger partial charge in [0.15, 0.2) is 5.76 Å². The molecule has 0 spiro atoms. The van der Waals surface area contributed by atoms with Crippen LogP contribution in [-0.4, -0.2) is 53.7 Å². The van der Waals surface area contributed by atoms with Crippen molar-refractivity contribution < 1.29 is 23.7 Å². The van der Waals surface area contributed by atoms with E-state index in [2.05, 4.69) is 10.9 Å². The summed E-state index contributed by atoms with van der Waals surface area (Å²) in [5.41, 5.74) is 5.89.